The summed E-state index contributed by atoms with van der Waals surface area (Å²) in [6.07, 6.45) is 6.79. The molecule has 0 unspecified atom stereocenters. The van der Waals surface area contributed by atoms with Crippen LogP contribution in [0.1, 0.15) is 40.8 Å². The van der Waals surface area contributed by atoms with Crippen LogP contribution in [0.25, 0.3) is 33.4 Å². The molecule has 4 heterocycles. The molecule has 2 atom stereocenters. The molecule has 1 aliphatic rings. The average molecular weight is 627 g/mol. The molecule has 0 bridgehead atoms. The highest BCUT2D eigenvalue weighted by Gasteiger charge is 2.28. The van der Waals surface area contributed by atoms with Crippen LogP contribution in [-0.4, -0.2) is 91.7 Å². The minimum absolute atomic E-state index is 0.000970. The van der Waals surface area contributed by atoms with Gasteiger partial charge < -0.3 is 24.9 Å². The van der Waals surface area contributed by atoms with Crippen LogP contribution >= 0.6 is 0 Å². The summed E-state index contributed by atoms with van der Waals surface area (Å²) in [7, 11) is 2.56. The number of carbonyl (C=O) groups excluding carboxylic acids is 3. The predicted molar refractivity (Wildman–Crippen MR) is 166 cm³/mol. The molecule has 0 aliphatic carbocycles. The van der Waals surface area contributed by atoms with Crippen LogP contribution in [0.4, 0.5) is 0 Å². The molecule has 3 aromatic heterocycles. The highest BCUT2D eigenvalue weighted by molar-refractivity contribution is 6.00. The number of aromatic nitrogens is 7. The summed E-state index contributed by atoms with van der Waals surface area (Å²) in [5.41, 5.74) is 4.30. The number of rotatable bonds is 11. The summed E-state index contributed by atoms with van der Waals surface area (Å²) in [4.78, 5) is 42.1. The largest absolute Gasteiger partial charge is 0.467 e. The van der Waals surface area contributed by atoms with Crippen molar-refractivity contribution in [2.75, 3.05) is 33.9 Å². The lowest BCUT2D eigenvalue weighted by atomic mass is 9.88. The monoisotopic (exact) mass is 626 g/mol. The van der Waals surface area contributed by atoms with Gasteiger partial charge in [-0.25, -0.2) is 19.0 Å². The van der Waals surface area contributed by atoms with E-state index in [-0.39, 0.29) is 11.7 Å². The maximum atomic E-state index is 13.7. The number of hydrogen-bond acceptors (Lipinski definition) is 11. The summed E-state index contributed by atoms with van der Waals surface area (Å²) in [6, 6.07) is 11.3. The van der Waals surface area contributed by atoms with E-state index in [2.05, 4.69) is 30.9 Å². The van der Waals surface area contributed by atoms with E-state index in [1.54, 1.807) is 24.4 Å². The quantitative estimate of drug-likeness (QED) is 0.145. The molecule has 5 aromatic rings. The van der Waals surface area contributed by atoms with Gasteiger partial charge in [-0.15, -0.1) is 10.2 Å². The van der Waals surface area contributed by atoms with E-state index in [1.165, 1.54) is 29.8 Å². The molecule has 2 aromatic carbocycles. The zero-order valence-electron chi connectivity index (χ0n) is 25.4. The summed E-state index contributed by atoms with van der Waals surface area (Å²) >= 11 is 0. The van der Waals surface area contributed by atoms with Crippen molar-refractivity contribution in [1.29, 1.82) is 0 Å². The molecule has 0 radical (unpaired) electrons. The number of ether oxygens (including phenoxy) is 2. The zero-order valence-corrected chi connectivity index (χ0v) is 25.4. The van der Waals surface area contributed by atoms with Gasteiger partial charge in [0.05, 0.1) is 33.2 Å². The maximum Gasteiger partial charge on any atom is 0.333 e. The Hall–Kier alpha value is -5.21. The number of aliphatic hydroxyl groups excluding tert-OH is 1. The van der Waals surface area contributed by atoms with Crippen LogP contribution in [0.5, 0.6) is 0 Å². The number of fused-ring (bicyclic) bond motifs is 1. The van der Waals surface area contributed by atoms with E-state index in [1.807, 2.05) is 30.5 Å². The first kappa shape index (κ1) is 30.8. The molecule has 3 N–H and O–H groups in total. The number of benzene rings is 2. The van der Waals surface area contributed by atoms with Crippen molar-refractivity contribution in [3.63, 3.8) is 0 Å². The number of esters is 2. The fourth-order valence-corrected chi connectivity index (χ4v) is 5.84. The van der Waals surface area contributed by atoms with Crippen LogP contribution in [-0.2, 0) is 25.5 Å². The number of para-hydroxylation sites is 1. The van der Waals surface area contributed by atoms with E-state index < -0.39 is 30.6 Å². The van der Waals surface area contributed by atoms with Crippen molar-refractivity contribution in [3.05, 3.63) is 72.2 Å². The van der Waals surface area contributed by atoms with Gasteiger partial charge in [0.2, 0.25) is 0 Å². The SMILES string of the molecule is COC(=O)[C@H](CO)n1cc(-c2cc(C(=O)C3CCNCC3)cc(-c3cn([C@@H](Cc4c[nH]c5ccccc45)C(=O)OC)nn3)c2)nn1. The molecular weight excluding hydrogens is 592 g/mol. The number of H-pyrrole nitrogens is 1. The van der Waals surface area contributed by atoms with E-state index >= 15 is 0 Å². The van der Waals surface area contributed by atoms with Crippen molar-refractivity contribution in [1.82, 2.24) is 40.3 Å². The molecule has 0 spiro atoms. The van der Waals surface area contributed by atoms with Gasteiger partial charge >= 0.3 is 11.9 Å². The van der Waals surface area contributed by atoms with Crippen molar-refractivity contribution >= 4 is 28.6 Å². The third-order valence-electron chi connectivity index (χ3n) is 8.39. The first-order chi connectivity index (χ1) is 22.4. The van der Waals surface area contributed by atoms with Gasteiger partial charge in [0.25, 0.3) is 0 Å². The fraction of sp³-hybridized carbons (Fsp3) is 0.344. The lowest BCUT2D eigenvalue weighted by Gasteiger charge is -2.21. The van der Waals surface area contributed by atoms with Crippen LogP contribution in [0.2, 0.25) is 0 Å². The smallest absolute Gasteiger partial charge is 0.333 e. The topological polar surface area (TPSA) is 179 Å². The van der Waals surface area contributed by atoms with E-state index in [9.17, 15) is 19.5 Å². The second-order valence-electron chi connectivity index (χ2n) is 11.2. The van der Waals surface area contributed by atoms with Gasteiger partial charge in [-0.1, -0.05) is 28.6 Å². The Bertz CT molecular complexity index is 1870. The number of aliphatic hydroxyl groups is 1. The Kier molecular flexibility index (Phi) is 8.99. The highest BCUT2D eigenvalue weighted by Crippen LogP contribution is 2.30. The first-order valence-electron chi connectivity index (χ1n) is 15.0. The number of carbonyl (C=O) groups is 3. The standard InChI is InChI=1S/C32H34N8O6/c1-45-31(43)28(14-23-15-34-25-6-4-3-5-24(23)25)39-16-26(35-37-39)20-11-21(13-22(12-20)30(42)19-7-9-33-10-8-19)27-17-40(38-36-27)29(18-41)32(44)46-2/h3-6,11-13,15-17,19,28-29,33-34,41H,7-10,14,18H2,1-2H3/t28-,29-/m0/s1. The second kappa shape index (κ2) is 13.4. The van der Waals surface area contributed by atoms with Gasteiger partial charge in [0, 0.05) is 46.1 Å². The predicted octanol–water partition coefficient (Wildman–Crippen LogP) is 2.53. The molecule has 0 amide bonds. The van der Waals surface area contributed by atoms with Gasteiger partial charge in [0.1, 0.15) is 11.4 Å². The van der Waals surface area contributed by atoms with Crippen molar-refractivity contribution in [2.45, 2.75) is 31.3 Å². The molecule has 14 heteroatoms. The number of Topliss-reactive ketones (excluding diaryl/α,β-unsaturated/α-hetero) is 1. The van der Waals surface area contributed by atoms with Crippen LogP contribution < -0.4 is 5.32 Å². The molecule has 14 nitrogen and oxygen atoms in total. The van der Waals surface area contributed by atoms with Crippen LogP contribution in [0, 0.1) is 5.92 Å². The van der Waals surface area contributed by atoms with Gasteiger partial charge in [-0.05, 0) is 55.8 Å². The molecule has 6 rings (SSSR count). The van der Waals surface area contributed by atoms with E-state index in [4.69, 9.17) is 9.47 Å². The molecule has 1 aliphatic heterocycles. The van der Waals surface area contributed by atoms with Crippen molar-refractivity contribution in [3.8, 4) is 22.5 Å². The normalized spacial score (nSPS) is 15.0. The van der Waals surface area contributed by atoms with Gasteiger partial charge in [-0.3, -0.25) is 4.79 Å². The lowest BCUT2D eigenvalue weighted by molar-refractivity contribution is -0.146. The Balaban J connectivity index is 1.37. The second-order valence-corrected chi connectivity index (χ2v) is 11.2. The number of piperidine rings is 1. The summed E-state index contributed by atoms with van der Waals surface area (Å²) in [5.74, 6) is -1.29. The van der Waals surface area contributed by atoms with Crippen LogP contribution in [0.15, 0.2) is 61.1 Å². The molecule has 0 saturated carbocycles. The van der Waals surface area contributed by atoms with E-state index in [0.29, 0.717) is 34.5 Å². The Labute approximate surface area is 263 Å². The van der Waals surface area contributed by atoms with E-state index in [0.717, 1.165) is 42.4 Å². The zero-order chi connectivity index (χ0) is 32.2. The van der Waals surface area contributed by atoms with Crippen LogP contribution in [0.3, 0.4) is 0 Å². The number of aromatic amines is 1. The number of hydrogen-bond donors (Lipinski definition) is 3. The third-order valence-corrected chi connectivity index (χ3v) is 8.39. The minimum Gasteiger partial charge on any atom is -0.467 e. The Morgan fingerprint density at radius 3 is 2.15 bits per heavy atom. The average Bonchev–Trinajstić information content (AvgIpc) is 3.88. The Morgan fingerprint density at radius 1 is 0.913 bits per heavy atom. The molecule has 1 saturated heterocycles. The molecule has 46 heavy (non-hydrogen) atoms. The maximum absolute atomic E-state index is 13.7. The van der Waals surface area contributed by atoms with Gasteiger partial charge in [0.15, 0.2) is 17.9 Å². The lowest BCUT2D eigenvalue weighted by Crippen LogP contribution is -2.31. The number of methoxy groups -OCH3 is 2. The molecule has 238 valence electrons. The fourth-order valence-electron chi connectivity index (χ4n) is 5.84. The van der Waals surface area contributed by atoms with Crippen molar-refractivity contribution < 1.29 is 29.0 Å². The summed E-state index contributed by atoms with van der Waals surface area (Å²) < 4.78 is 12.6. The Morgan fingerprint density at radius 2 is 1.52 bits per heavy atom. The number of nitrogens with zero attached hydrogens (tertiary/aromatic N) is 6. The number of nitrogens with one attached hydrogen (secondary N) is 2. The minimum atomic E-state index is -1.07. The first-order valence-corrected chi connectivity index (χ1v) is 15.0. The third kappa shape index (κ3) is 6.17. The van der Waals surface area contributed by atoms with Crippen molar-refractivity contribution in [2.24, 2.45) is 5.92 Å². The summed E-state index contributed by atoms with van der Waals surface area (Å²) in [6.45, 7) is 0.984. The molecule has 1 fully saturated rings. The number of ketones is 1. The highest BCUT2D eigenvalue weighted by atomic mass is 16.5. The summed E-state index contributed by atoms with van der Waals surface area (Å²) in [5, 5.41) is 31.0. The molecular formula is C32H34N8O6. The van der Waals surface area contributed by atoms with Gasteiger partial charge in [-0.2, -0.15) is 0 Å².